The van der Waals surface area contributed by atoms with Crippen molar-refractivity contribution in [2.45, 2.75) is 13.0 Å². The fourth-order valence-corrected chi connectivity index (χ4v) is 3.05. The Kier molecular flexibility index (Phi) is 7.56. The number of halogens is 3. The minimum absolute atomic E-state index is 0.177. The maximum Gasteiger partial charge on any atom is 0.265 e. The molecule has 1 atom stereocenters. The van der Waals surface area contributed by atoms with E-state index in [1.54, 1.807) is 43.3 Å². The van der Waals surface area contributed by atoms with Gasteiger partial charge in [-0.3, -0.25) is 9.59 Å². The van der Waals surface area contributed by atoms with Gasteiger partial charge in [-0.1, -0.05) is 23.2 Å². The van der Waals surface area contributed by atoms with Crippen LogP contribution in [-0.2, 0) is 4.79 Å². The minimum Gasteiger partial charge on any atom is -0.495 e. The van der Waals surface area contributed by atoms with E-state index in [4.69, 9.17) is 32.7 Å². The number of benzene rings is 3. The van der Waals surface area contributed by atoms with Crippen molar-refractivity contribution in [3.63, 3.8) is 0 Å². The van der Waals surface area contributed by atoms with Gasteiger partial charge in [0.1, 0.15) is 17.3 Å². The Hall–Kier alpha value is -3.29. The van der Waals surface area contributed by atoms with Gasteiger partial charge in [-0.15, -0.1) is 0 Å². The lowest BCUT2D eigenvalue weighted by molar-refractivity contribution is -0.122. The maximum atomic E-state index is 14.1. The summed E-state index contributed by atoms with van der Waals surface area (Å²) in [5, 5.41) is 6.03. The van der Waals surface area contributed by atoms with Gasteiger partial charge in [0.05, 0.1) is 18.4 Å². The van der Waals surface area contributed by atoms with E-state index in [9.17, 15) is 14.0 Å². The van der Waals surface area contributed by atoms with Crippen molar-refractivity contribution in [1.29, 1.82) is 0 Å². The number of methoxy groups -OCH3 is 1. The molecule has 0 heterocycles. The molecule has 0 aliphatic rings. The first-order valence-corrected chi connectivity index (χ1v) is 10.2. The van der Waals surface area contributed by atoms with Gasteiger partial charge in [-0.25, -0.2) is 4.39 Å². The summed E-state index contributed by atoms with van der Waals surface area (Å²) >= 11 is 11.6. The number of hydrogen-bond donors (Lipinski definition) is 2. The van der Waals surface area contributed by atoms with Crippen LogP contribution in [0.15, 0.2) is 60.7 Å². The van der Waals surface area contributed by atoms with Crippen molar-refractivity contribution >= 4 is 46.4 Å². The number of ether oxygens (including phenoxy) is 2. The third-order valence-corrected chi connectivity index (χ3v) is 4.87. The Labute approximate surface area is 194 Å². The predicted molar refractivity (Wildman–Crippen MR) is 123 cm³/mol. The number of anilines is 2. The monoisotopic (exact) mass is 476 g/mol. The molecule has 6 nitrogen and oxygen atoms in total. The molecule has 0 aromatic heterocycles. The number of rotatable bonds is 7. The van der Waals surface area contributed by atoms with Gasteiger partial charge in [0.25, 0.3) is 11.8 Å². The summed E-state index contributed by atoms with van der Waals surface area (Å²) in [5.41, 5.74) is 0.445. The number of carbonyl (C=O) groups excluding carboxylic acids is 2. The summed E-state index contributed by atoms with van der Waals surface area (Å²) in [6.45, 7) is 1.60. The van der Waals surface area contributed by atoms with Gasteiger partial charge in [0.15, 0.2) is 6.10 Å². The van der Waals surface area contributed by atoms with Crippen molar-refractivity contribution in [2.24, 2.45) is 0 Å². The molecule has 2 N–H and O–H groups in total. The Morgan fingerprint density at radius 2 is 1.62 bits per heavy atom. The van der Waals surface area contributed by atoms with E-state index < -0.39 is 23.7 Å². The zero-order valence-corrected chi connectivity index (χ0v) is 18.6. The van der Waals surface area contributed by atoms with Crippen LogP contribution >= 0.6 is 23.2 Å². The lowest BCUT2D eigenvalue weighted by Gasteiger charge is -2.16. The van der Waals surface area contributed by atoms with E-state index >= 15 is 0 Å². The smallest absolute Gasteiger partial charge is 0.265 e. The number of amides is 2. The molecule has 0 saturated carbocycles. The molecule has 3 rings (SSSR count). The Balaban J connectivity index is 1.72. The number of hydrogen-bond acceptors (Lipinski definition) is 4. The average molecular weight is 477 g/mol. The van der Waals surface area contributed by atoms with Crippen LogP contribution in [-0.4, -0.2) is 25.0 Å². The van der Waals surface area contributed by atoms with Gasteiger partial charge >= 0.3 is 0 Å². The van der Waals surface area contributed by atoms with Crippen LogP contribution in [0.1, 0.15) is 17.3 Å². The van der Waals surface area contributed by atoms with Crippen LogP contribution in [0.5, 0.6) is 11.5 Å². The van der Waals surface area contributed by atoms with Crippen LogP contribution in [0.4, 0.5) is 15.8 Å². The normalized spacial score (nSPS) is 11.4. The molecule has 0 spiro atoms. The lowest BCUT2D eigenvalue weighted by Crippen LogP contribution is -2.30. The highest BCUT2D eigenvalue weighted by Gasteiger charge is 2.18. The largest absolute Gasteiger partial charge is 0.495 e. The molecule has 166 valence electrons. The van der Waals surface area contributed by atoms with Crippen molar-refractivity contribution in [3.05, 3.63) is 82.1 Å². The molecule has 0 bridgehead atoms. The molecule has 2 amide bonds. The molecule has 1 unspecified atom stereocenters. The van der Waals surface area contributed by atoms with Gasteiger partial charge in [-0.05, 0) is 67.6 Å². The number of carbonyl (C=O) groups is 2. The highest BCUT2D eigenvalue weighted by atomic mass is 35.5. The average Bonchev–Trinajstić information content (AvgIpc) is 2.75. The predicted octanol–water partition coefficient (Wildman–Crippen LogP) is 5.80. The molecule has 0 radical (unpaired) electrons. The third kappa shape index (κ3) is 5.90. The van der Waals surface area contributed by atoms with Crippen LogP contribution in [0.3, 0.4) is 0 Å². The van der Waals surface area contributed by atoms with Crippen molar-refractivity contribution in [3.8, 4) is 11.5 Å². The molecular formula is C23H19Cl2FN2O4. The van der Waals surface area contributed by atoms with Crippen LogP contribution < -0.4 is 20.1 Å². The Morgan fingerprint density at radius 3 is 2.28 bits per heavy atom. The topological polar surface area (TPSA) is 76.7 Å². The van der Waals surface area contributed by atoms with Crippen molar-refractivity contribution in [2.75, 3.05) is 17.7 Å². The molecule has 3 aromatic carbocycles. The zero-order chi connectivity index (χ0) is 23.3. The first kappa shape index (κ1) is 23.4. The number of nitrogens with one attached hydrogen (secondary N) is 2. The SMILES string of the molecule is COc1ccc(NC(=O)C(C)Oc2ccc(Cl)cc2)cc1NC(=O)c1ccc(Cl)cc1F. The second-order valence-corrected chi connectivity index (χ2v) is 7.57. The van der Waals surface area contributed by atoms with E-state index in [1.165, 1.54) is 25.3 Å². The summed E-state index contributed by atoms with van der Waals surface area (Å²) in [6.07, 6.45) is -0.806. The van der Waals surface area contributed by atoms with Gasteiger partial charge < -0.3 is 20.1 Å². The minimum atomic E-state index is -0.806. The molecule has 9 heteroatoms. The third-order valence-electron chi connectivity index (χ3n) is 4.39. The summed E-state index contributed by atoms with van der Waals surface area (Å²) in [6, 6.07) is 15.0. The van der Waals surface area contributed by atoms with Gasteiger partial charge in [0, 0.05) is 15.7 Å². The Bertz CT molecular complexity index is 1140. The molecule has 3 aromatic rings. The first-order chi connectivity index (χ1) is 15.3. The van der Waals surface area contributed by atoms with Gasteiger partial charge in [0.2, 0.25) is 0 Å². The van der Waals surface area contributed by atoms with E-state index in [-0.39, 0.29) is 16.3 Å². The second kappa shape index (κ2) is 10.3. The van der Waals surface area contributed by atoms with Gasteiger partial charge in [-0.2, -0.15) is 0 Å². The summed E-state index contributed by atoms with van der Waals surface area (Å²) < 4.78 is 24.9. The fraction of sp³-hybridized carbons (Fsp3) is 0.130. The quantitative estimate of drug-likeness (QED) is 0.451. The molecule has 0 saturated heterocycles. The maximum absolute atomic E-state index is 14.1. The zero-order valence-electron chi connectivity index (χ0n) is 17.1. The van der Waals surface area contributed by atoms with E-state index in [0.717, 1.165) is 6.07 Å². The van der Waals surface area contributed by atoms with E-state index in [0.29, 0.717) is 22.2 Å². The lowest BCUT2D eigenvalue weighted by atomic mass is 10.2. The summed E-state index contributed by atoms with van der Waals surface area (Å²) in [7, 11) is 1.42. The highest BCUT2D eigenvalue weighted by molar-refractivity contribution is 6.31. The van der Waals surface area contributed by atoms with Crippen molar-refractivity contribution < 1.29 is 23.5 Å². The van der Waals surface area contributed by atoms with Crippen LogP contribution in [0, 0.1) is 5.82 Å². The van der Waals surface area contributed by atoms with E-state index in [1.807, 2.05) is 0 Å². The van der Waals surface area contributed by atoms with Crippen molar-refractivity contribution in [1.82, 2.24) is 0 Å². The molecule has 0 fully saturated rings. The second-order valence-electron chi connectivity index (χ2n) is 6.70. The first-order valence-electron chi connectivity index (χ1n) is 9.44. The molecule has 0 aliphatic heterocycles. The highest BCUT2D eigenvalue weighted by Crippen LogP contribution is 2.29. The molecular weight excluding hydrogens is 458 g/mol. The fourth-order valence-electron chi connectivity index (χ4n) is 2.76. The molecule has 32 heavy (non-hydrogen) atoms. The van der Waals surface area contributed by atoms with E-state index in [2.05, 4.69) is 10.6 Å². The Morgan fingerprint density at radius 1 is 0.938 bits per heavy atom. The summed E-state index contributed by atoms with van der Waals surface area (Å²) in [5.74, 6) is -1.04. The standard InChI is InChI=1S/C23H19Cl2FN2O4/c1-13(32-17-7-3-14(24)4-8-17)22(29)27-16-6-10-21(31-2)20(12-16)28-23(30)18-9-5-15(25)11-19(18)26/h3-13H,1-2H3,(H,27,29)(H,28,30). The van der Waals surface area contributed by atoms with Crippen LogP contribution in [0.25, 0.3) is 0 Å². The summed E-state index contributed by atoms with van der Waals surface area (Å²) in [4.78, 5) is 25.0. The molecule has 0 aliphatic carbocycles. The van der Waals surface area contributed by atoms with Crippen LogP contribution in [0.2, 0.25) is 10.0 Å².